The van der Waals surface area contributed by atoms with Crippen LogP contribution in [0.2, 0.25) is 6.04 Å². The molecule has 0 aromatic heterocycles. The van der Waals surface area contributed by atoms with Gasteiger partial charge in [0.15, 0.2) is 5.12 Å². The number of hydrogen-bond acceptors (Lipinski definition) is 2. The highest BCUT2D eigenvalue weighted by atomic mass is 32.1. The van der Waals surface area contributed by atoms with Crippen LogP contribution in [0.4, 0.5) is 0 Å². The minimum Gasteiger partial charge on any atom is -0.415 e. The molecule has 0 aromatic rings. The van der Waals surface area contributed by atoms with Gasteiger partial charge in [-0.2, -0.15) is 0 Å². The maximum absolute atomic E-state index is 11.0. The first-order chi connectivity index (χ1) is 5.36. The SMILES string of the molecule is CC(C)O[Si]CC(C)(C)C(=O)S. The molecular formula is C8H16O2SSi. The van der Waals surface area contributed by atoms with Crippen LogP contribution in [0, 0.1) is 5.41 Å². The molecule has 0 aliphatic heterocycles. The molecular weight excluding hydrogens is 188 g/mol. The van der Waals surface area contributed by atoms with E-state index in [2.05, 4.69) is 12.6 Å². The van der Waals surface area contributed by atoms with Crippen LogP contribution in [0.25, 0.3) is 0 Å². The van der Waals surface area contributed by atoms with Gasteiger partial charge in [-0.1, -0.05) is 13.8 Å². The lowest BCUT2D eigenvalue weighted by atomic mass is 9.99. The zero-order valence-corrected chi connectivity index (χ0v) is 9.94. The highest BCUT2D eigenvalue weighted by molar-refractivity contribution is 7.96. The Bertz CT molecular complexity index is 157. The minimum atomic E-state index is -0.351. The van der Waals surface area contributed by atoms with E-state index in [9.17, 15) is 4.79 Å². The van der Waals surface area contributed by atoms with Crippen molar-refractivity contribution < 1.29 is 9.22 Å². The first kappa shape index (κ1) is 12.2. The van der Waals surface area contributed by atoms with Gasteiger partial charge in [0.05, 0.1) is 0 Å². The molecule has 0 bridgehead atoms. The molecule has 0 spiro atoms. The molecule has 0 amide bonds. The summed E-state index contributed by atoms with van der Waals surface area (Å²) in [6.45, 7) is 7.75. The van der Waals surface area contributed by atoms with Crippen molar-refractivity contribution in [2.24, 2.45) is 5.41 Å². The predicted octanol–water partition coefficient (Wildman–Crippen LogP) is 1.93. The first-order valence-electron chi connectivity index (χ1n) is 3.98. The van der Waals surface area contributed by atoms with Crippen LogP contribution in [-0.4, -0.2) is 21.0 Å². The molecule has 12 heavy (non-hydrogen) atoms. The van der Waals surface area contributed by atoms with E-state index in [1.807, 2.05) is 27.7 Å². The summed E-state index contributed by atoms with van der Waals surface area (Å²) in [6, 6.07) is 0.757. The normalized spacial score (nSPS) is 12.2. The average Bonchev–Trinajstić information content (AvgIpc) is 1.85. The van der Waals surface area contributed by atoms with Crippen LogP contribution in [0.1, 0.15) is 27.7 Å². The van der Waals surface area contributed by atoms with Crippen molar-refractivity contribution in [3.63, 3.8) is 0 Å². The molecule has 2 radical (unpaired) electrons. The molecule has 0 saturated heterocycles. The van der Waals surface area contributed by atoms with Crippen LogP contribution in [0.3, 0.4) is 0 Å². The smallest absolute Gasteiger partial charge is 0.231 e. The molecule has 70 valence electrons. The maximum atomic E-state index is 11.0. The largest absolute Gasteiger partial charge is 0.415 e. The van der Waals surface area contributed by atoms with E-state index in [4.69, 9.17) is 4.43 Å². The van der Waals surface area contributed by atoms with E-state index in [0.29, 0.717) is 9.76 Å². The Kier molecular flexibility index (Phi) is 5.12. The quantitative estimate of drug-likeness (QED) is 0.547. The Balaban J connectivity index is 3.69. The fourth-order valence-electron chi connectivity index (χ4n) is 0.464. The molecule has 0 aliphatic rings. The van der Waals surface area contributed by atoms with E-state index in [-0.39, 0.29) is 16.6 Å². The fourth-order valence-corrected chi connectivity index (χ4v) is 1.63. The second-order valence-corrected chi connectivity index (χ2v) is 4.96. The summed E-state index contributed by atoms with van der Waals surface area (Å²) in [5.74, 6) is 0. The number of carbonyl (C=O) groups excluding carboxylic acids is 1. The fraction of sp³-hybridized carbons (Fsp3) is 0.875. The Hall–Kier alpha value is 0.197. The highest BCUT2D eigenvalue weighted by Gasteiger charge is 2.24. The third-order valence-corrected chi connectivity index (χ3v) is 3.68. The van der Waals surface area contributed by atoms with E-state index in [1.54, 1.807) is 0 Å². The van der Waals surface area contributed by atoms with Gasteiger partial charge in [0, 0.05) is 11.5 Å². The maximum Gasteiger partial charge on any atom is 0.231 e. The van der Waals surface area contributed by atoms with Gasteiger partial charge in [0.2, 0.25) is 9.76 Å². The van der Waals surface area contributed by atoms with Crippen molar-refractivity contribution in [2.45, 2.75) is 39.8 Å². The first-order valence-corrected chi connectivity index (χ1v) is 5.54. The van der Waals surface area contributed by atoms with Gasteiger partial charge < -0.3 is 4.43 Å². The summed E-state index contributed by atoms with van der Waals surface area (Å²) in [5, 5.41) is -0.0673. The van der Waals surface area contributed by atoms with Gasteiger partial charge in [-0.25, -0.2) is 0 Å². The van der Waals surface area contributed by atoms with Crippen molar-refractivity contribution in [3.8, 4) is 0 Å². The van der Waals surface area contributed by atoms with Gasteiger partial charge in [0.1, 0.15) is 0 Å². The molecule has 0 aromatic carbocycles. The van der Waals surface area contributed by atoms with E-state index in [1.165, 1.54) is 0 Å². The number of hydrogen-bond donors (Lipinski definition) is 1. The molecule has 0 atom stereocenters. The summed E-state index contributed by atoms with van der Waals surface area (Å²) >= 11 is 3.81. The lowest BCUT2D eigenvalue weighted by Gasteiger charge is -2.19. The third kappa shape index (κ3) is 4.95. The molecule has 0 N–H and O–H groups in total. The van der Waals surface area contributed by atoms with Crippen molar-refractivity contribution >= 4 is 27.5 Å². The summed E-state index contributed by atoms with van der Waals surface area (Å²) in [4.78, 5) is 11.0. The highest BCUT2D eigenvalue weighted by Crippen LogP contribution is 2.23. The lowest BCUT2D eigenvalue weighted by Crippen LogP contribution is -2.23. The van der Waals surface area contributed by atoms with Crippen molar-refractivity contribution in [1.82, 2.24) is 0 Å². The Morgan fingerprint density at radius 2 is 2.08 bits per heavy atom. The Morgan fingerprint density at radius 3 is 2.42 bits per heavy atom. The van der Waals surface area contributed by atoms with Crippen molar-refractivity contribution in [3.05, 3.63) is 0 Å². The molecule has 0 rings (SSSR count). The van der Waals surface area contributed by atoms with Crippen LogP contribution < -0.4 is 0 Å². The third-order valence-electron chi connectivity index (χ3n) is 1.41. The molecule has 4 heteroatoms. The minimum absolute atomic E-state index is 0.0673. The molecule has 0 saturated carbocycles. The number of rotatable bonds is 5. The molecule has 0 heterocycles. The molecule has 0 fully saturated rings. The van der Waals surface area contributed by atoms with Crippen molar-refractivity contribution in [1.29, 1.82) is 0 Å². The van der Waals surface area contributed by atoms with Gasteiger partial charge in [-0.15, -0.1) is 12.6 Å². The number of thiol groups is 1. The van der Waals surface area contributed by atoms with E-state index in [0.717, 1.165) is 6.04 Å². The zero-order chi connectivity index (χ0) is 9.78. The lowest BCUT2D eigenvalue weighted by molar-refractivity contribution is -0.117. The average molecular weight is 204 g/mol. The summed E-state index contributed by atoms with van der Waals surface area (Å²) in [7, 11) is 0.387. The second kappa shape index (κ2) is 5.04. The van der Waals surface area contributed by atoms with Gasteiger partial charge in [-0.3, -0.25) is 4.79 Å². The predicted molar refractivity (Wildman–Crippen MR) is 54.6 cm³/mol. The van der Waals surface area contributed by atoms with Crippen molar-refractivity contribution in [2.75, 3.05) is 0 Å². The Morgan fingerprint density at radius 1 is 1.58 bits per heavy atom. The molecule has 0 unspecified atom stereocenters. The molecule has 2 nitrogen and oxygen atoms in total. The van der Waals surface area contributed by atoms with Gasteiger partial charge in [-0.05, 0) is 19.9 Å². The van der Waals surface area contributed by atoms with Gasteiger partial charge >= 0.3 is 0 Å². The topological polar surface area (TPSA) is 26.3 Å². The van der Waals surface area contributed by atoms with Crippen LogP contribution in [-0.2, 0) is 9.22 Å². The van der Waals surface area contributed by atoms with Crippen LogP contribution in [0.15, 0.2) is 0 Å². The van der Waals surface area contributed by atoms with E-state index < -0.39 is 0 Å². The van der Waals surface area contributed by atoms with Crippen LogP contribution in [0.5, 0.6) is 0 Å². The summed E-state index contributed by atoms with van der Waals surface area (Å²) in [5.41, 5.74) is -0.351. The number of carbonyl (C=O) groups is 1. The molecule has 0 aliphatic carbocycles. The van der Waals surface area contributed by atoms with E-state index >= 15 is 0 Å². The van der Waals surface area contributed by atoms with Crippen LogP contribution >= 0.6 is 12.6 Å². The second-order valence-electron chi connectivity index (χ2n) is 3.68. The monoisotopic (exact) mass is 204 g/mol. The summed E-state index contributed by atoms with van der Waals surface area (Å²) < 4.78 is 5.37. The summed E-state index contributed by atoms with van der Waals surface area (Å²) in [6.07, 6.45) is 0.245. The standard InChI is InChI=1S/C8H16O2SSi/c1-6(2)10-12-5-8(3,4)7(9)11/h6H,5H2,1-4H3,(H,9,11). The zero-order valence-electron chi connectivity index (χ0n) is 8.05. The van der Waals surface area contributed by atoms with Gasteiger partial charge in [0.25, 0.3) is 0 Å². The Labute approximate surface area is 82.4 Å².